The van der Waals surface area contributed by atoms with Gasteiger partial charge < -0.3 is 80.9 Å². The molecule has 3 aromatic carbocycles. The Morgan fingerprint density at radius 1 is 0.831 bits per heavy atom. The number of nitrogens with zero attached hydrogens (tertiary/aromatic N) is 3. The smallest absolute Gasteiger partial charge is 0.364 e. The molecule has 0 aliphatic carbocycles. The van der Waals surface area contributed by atoms with Gasteiger partial charge in [-0.2, -0.15) is 11.8 Å². The molecule has 418 valence electrons. The first kappa shape index (κ1) is 58.4. The van der Waals surface area contributed by atoms with Gasteiger partial charge in [0.15, 0.2) is 0 Å². The number of aliphatic carboxylic acids is 1. The van der Waals surface area contributed by atoms with Gasteiger partial charge in [-0.25, -0.2) is 14.3 Å². The molecule has 5 amide bonds. The molecule has 0 saturated carbocycles. The molecule has 3 fully saturated rings. The van der Waals surface area contributed by atoms with Crippen molar-refractivity contribution in [1.29, 1.82) is 0 Å². The SMILES string of the molecule is O=C(CCCC[C@H]1SC[C@H]2NC(=O)N[C@H]21)NCCOCCOCCOCCn1cc(-c2ccc(CO[C@]3(C(=O)O)C[C@H](O)[C@@H](NC(=O)CO)[C@H]([C@H](O)[C@H](O)CNC(=O)Cc4ccc(-c5ccc(O)cc5)cc4)O3)cc2)nn1. The average molecular weight is 1090 g/mol. The third-order valence-corrected chi connectivity index (χ3v) is 14.8. The van der Waals surface area contributed by atoms with Gasteiger partial charge in [-0.15, -0.1) is 5.10 Å². The molecular weight excluding hydrogens is 1020 g/mol. The number of amides is 5. The van der Waals surface area contributed by atoms with Crippen LogP contribution in [0.3, 0.4) is 0 Å². The molecule has 0 spiro atoms. The Morgan fingerprint density at radius 3 is 2.19 bits per heavy atom. The van der Waals surface area contributed by atoms with E-state index in [1.807, 2.05) is 11.8 Å². The molecule has 0 radical (unpaired) electrons. The van der Waals surface area contributed by atoms with Crippen LogP contribution in [-0.4, -0.2) is 194 Å². The molecule has 11 N–H and O–H groups in total. The van der Waals surface area contributed by atoms with Crippen molar-refractivity contribution in [2.75, 3.05) is 65.1 Å². The molecule has 4 heterocycles. The van der Waals surface area contributed by atoms with E-state index >= 15 is 0 Å². The second-order valence-corrected chi connectivity index (χ2v) is 20.1. The number of benzene rings is 3. The number of hydrogen-bond acceptors (Lipinski definition) is 18. The standard InChI is InChI=1S/C52H68N8O16S/c61-29-45(67)56-47-40(63)26-52(50(69)70,76-49(47)48(68)41(64)27-54-44(66)25-32-5-9-34(10-6-32)35-13-15-37(62)16-14-35)75-30-33-7-11-36(12-8-33)38-28-60(59-58-38)18-20-73-22-24-74-23-21-72-19-17-53-43(65)4-2-1-3-42-46-39(31-77-42)55-51(71)57-46/h5-16,28,39-42,46-49,61-64,68H,1-4,17-27,29-31H2,(H,53,65)(H,54,66)(H,56,67)(H,69,70)(H2,55,57,71)/t39-,40+,41-,42-,46-,47-,48-,49-,52-/m1/s1. The molecule has 1 aromatic heterocycles. The fraction of sp³-hybridized carbons (Fsp3) is 0.519. The second kappa shape index (κ2) is 28.9. The maximum absolute atomic E-state index is 12.9. The van der Waals surface area contributed by atoms with Gasteiger partial charge >= 0.3 is 12.0 Å². The molecule has 3 aliphatic rings. The number of aromatic nitrogens is 3. The van der Waals surface area contributed by atoms with E-state index in [2.05, 4.69) is 36.9 Å². The Kier molecular flexibility index (Phi) is 21.9. The number of nitrogens with one attached hydrogen (secondary N) is 5. The Labute approximate surface area is 448 Å². The number of fused-ring (bicyclic) bond motifs is 1. The lowest BCUT2D eigenvalue weighted by Crippen LogP contribution is -2.68. The summed E-state index contributed by atoms with van der Waals surface area (Å²) in [4.78, 5) is 61.7. The quantitative estimate of drug-likeness (QED) is 0.0237. The number of aliphatic hydroxyl groups excluding tert-OH is 4. The van der Waals surface area contributed by atoms with Crippen LogP contribution in [0.1, 0.15) is 43.2 Å². The van der Waals surface area contributed by atoms with Gasteiger partial charge in [-0.1, -0.05) is 72.3 Å². The number of unbranched alkanes of at least 4 members (excludes halogenated alkanes) is 1. The van der Waals surface area contributed by atoms with Crippen LogP contribution in [0.2, 0.25) is 0 Å². The number of ether oxygens (including phenoxy) is 5. The maximum atomic E-state index is 12.9. The number of hydrogen-bond donors (Lipinski definition) is 11. The zero-order valence-corrected chi connectivity index (χ0v) is 43.2. The zero-order chi connectivity index (χ0) is 54.7. The highest BCUT2D eigenvalue weighted by Gasteiger charge is 2.56. The van der Waals surface area contributed by atoms with Crippen LogP contribution in [-0.2, 0) is 62.4 Å². The van der Waals surface area contributed by atoms with Crippen LogP contribution < -0.4 is 26.6 Å². The van der Waals surface area contributed by atoms with Crippen molar-refractivity contribution in [2.45, 2.75) is 105 Å². The number of carboxylic acid groups (broad SMARTS) is 1. The number of rotatable bonds is 31. The van der Waals surface area contributed by atoms with E-state index in [-0.39, 0.29) is 42.8 Å². The predicted octanol–water partition coefficient (Wildman–Crippen LogP) is 0.215. The monoisotopic (exact) mass is 1090 g/mol. The Hall–Kier alpha value is -6.26. The van der Waals surface area contributed by atoms with Crippen molar-refractivity contribution in [3.05, 3.63) is 90.1 Å². The lowest BCUT2D eigenvalue weighted by atomic mass is 9.88. The van der Waals surface area contributed by atoms with Gasteiger partial charge in [0.05, 0.1) is 95.7 Å². The van der Waals surface area contributed by atoms with E-state index in [4.69, 9.17) is 23.7 Å². The number of phenolic OH excluding ortho intramolecular Hbond substituents is 1. The lowest BCUT2D eigenvalue weighted by molar-refractivity contribution is -0.314. The van der Waals surface area contributed by atoms with E-state index in [1.165, 1.54) is 0 Å². The van der Waals surface area contributed by atoms with Crippen molar-refractivity contribution < 1.29 is 78.3 Å². The number of carboxylic acids is 1. The highest BCUT2D eigenvalue weighted by Crippen LogP contribution is 2.35. The largest absolute Gasteiger partial charge is 0.508 e. The second-order valence-electron chi connectivity index (χ2n) is 18.9. The minimum absolute atomic E-state index is 0.00587. The molecule has 0 bridgehead atoms. The minimum Gasteiger partial charge on any atom is -0.508 e. The molecule has 77 heavy (non-hydrogen) atoms. The highest BCUT2D eigenvalue weighted by molar-refractivity contribution is 8.00. The van der Waals surface area contributed by atoms with Crippen LogP contribution in [0.25, 0.3) is 22.4 Å². The minimum atomic E-state index is -2.58. The van der Waals surface area contributed by atoms with Crippen molar-refractivity contribution in [3.8, 4) is 28.1 Å². The Bertz CT molecular complexity index is 2540. The van der Waals surface area contributed by atoms with Gasteiger partial charge in [0.25, 0.3) is 5.79 Å². The molecule has 9 atom stereocenters. The normalized spacial score (nSPS) is 22.6. The van der Waals surface area contributed by atoms with Gasteiger partial charge in [0, 0.05) is 42.5 Å². The van der Waals surface area contributed by atoms with Gasteiger partial charge in [-0.3, -0.25) is 14.4 Å². The molecular formula is C52H68N8O16S. The number of carbonyl (C=O) groups is 5. The first-order chi connectivity index (χ1) is 37.2. The topological polar surface area (TPSA) is 344 Å². The fourth-order valence-electron chi connectivity index (χ4n) is 9.06. The summed E-state index contributed by atoms with van der Waals surface area (Å²) < 4.78 is 30.1. The first-order valence-electron chi connectivity index (χ1n) is 25.5. The maximum Gasteiger partial charge on any atom is 0.364 e. The number of phenols is 1. The molecule has 25 heteroatoms. The molecule has 24 nitrogen and oxygen atoms in total. The van der Waals surface area contributed by atoms with Crippen molar-refractivity contribution in [2.24, 2.45) is 0 Å². The molecule has 3 aliphatic heterocycles. The van der Waals surface area contributed by atoms with E-state index in [1.54, 1.807) is 83.7 Å². The number of thioether (sulfide) groups is 1. The number of aliphatic hydroxyl groups is 4. The van der Waals surface area contributed by atoms with Crippen molar-refractivity contribution in [3.63, 3.8) is 0 Å². The number of carbonyl (C=O) groups excluding carboxylic acids is 4. The molecule has 4 aromatic rings. The third-order valence-electron chi connectivity index (χ3n) is 13.2. The lowest BCUT2D eigenvalue weighted by Gasteiger charge is -2.46. The van der Waals surface area contributed by atoms with Crippen LogP contribution in [0, 0.1) is 0 Å². The van der Waals surface area contributed by atoms with Crippen LogP contribution in [0.15, 0.2) is 79.0 Å². The summed E-state index contributed by atoms with van der Waals surface area (Å²) in [6, 6.07) is 19.3. The van der Waals surface area contributed by atoms with Crippen LogP contribution >= 0.6 is 11.8 Å². The van der Waals surface area contributed by atoms with E-state index in [9.17, 15) is 54.6 Å². The Morgan fingerprint density at radius 2 is 1.49 bits per heavy atom. The van der Waals surface area contributed by atoms with Crippen molar-refractivity contribution in [1.82, 2.24) is 41.6 Å². The van der Waals surface area contributed by atoms with Gasteiger partial charge in [0.2, 0.25) is 17.7 Å². The fourth-order valence-corrected chi connectivity index (χ4v) is 10.6. The van der Waals surface area contributed by atoms with Gasteiger partial charge in [-0.05, 0) is 47.2 Å². The molecule has 0 unspecified atom stereocenters. The van der Waals surface area contributed by atoms with Crippen molar-refractivity contribution >= 4 is 41.5 Å². The first-order valence-corrected chi connectivity index (χ1v) is 26.6. The summed E-state index contributed by atoms with van der Waals surface area (Å²) in [6.45, 7) is 1.15. The van der Waals surface area contributed by atoms with Crippen LogP contribution in [0.5, 0.6) is 5.75 Å². The summed E-state index contributed by atoms with van der Waals surface area (Å²) >= 11 is 1.87. The van der Waals surface area contributed by atoms with E-state index in [0.29, 0.717) is 86.8 Å². The van der Waals surface area contributed by atoms with Crippen LogP contribution in [0.4, 0.5) is 4.79 Å². The Balaban J connectivity index is 0.778. The predicted molar refractivity (Wildman–Crippen MR) is 277 cm³/mol. The summed E-state index contributed by atoms with van der Waals surface area (Å²) in [6.07, 6.45) is -3.23. The summed E-state index contributed by atoms with van der Waals surface area (Å²) in [5.41, 5.74) is 4.09. The molecule has 3 saturated heterocycles. The summed E-state index contributed by atoms with van der Waals surface area (Å²) in [7, 11) is 0. The average Bonchev–Trinajstić information content (AvgIpc) is 4.17. The number of aromatic hydroxyl groups is 1. The third kappa shape index (κ3) is 17.1. The zero-order valence-electron chi connectivity index (χ0n) is 42.4. The van der Waals surface area contributed by atoms with E-state index < -0.39 is 73.6 Å². The number of urea groups is 1. The van der Waals surface area contributed by atoms with E-state index in [0.717, 1.165) is 36.1 Å². The highest BCUT2D eigenvalue weighted by atomic mass is 32.2. The summed E-state index contributed by atoms with van der Waals surface area (Å²) in [5, 5.41) is 85.4. The summed E-state index contributed by atoms with van der Waals surface area (Å²) in [5.74, 6) is -4.68. The molecule has 7 rings (SSSR count). The van der Waals surface area contributed by atoms with Gasteiger partial charge in [0.1, 0.15) is 30.3 Å².